The Hall–Kier alpha value is -1.91. The highest BCUT2D eigenvalue weighted by atomic mass is 19.1. The summed E-state index contributed by atoms with van der Waals surface area (Å²) >= 11 is 0. The molecule has 0 heterocycles. The van der Waals surface area contributed by atoms with Gasteiger partial charge in [-0.15, -0.1) is 0 Å². The van der Waals surface area contributed by atoms with Crippen molar-refractivity contribution in [2.24, 2.45) is 5.92 Å². The first-order valence-electron chi connectivity index (χ1n) is 5.31. The summed E-state index contributed by atoms with van der Waals surface area (Å²) in [7, 11) is 0. The van der Waals surface area contributed by atoms with Gasteiger partial charge in [-0.3, -0.25) is 9.59 Å². The second-order valence-electron chi connectivity index (χ2n) is 3.63. The molecule has 0 aliphatic rings. The molecule has 0 aliphatic carbocycles. The Balaban J connectivity index is 2.62. The number of hydrogen-bond donors (Lipinski definition) is 2. The minimum absolute atomic E-state index is 0.000991. The minimum atomic E-state index is -0.971. The maximum Gasteiger partial charge on any atom is 0.308 e. The van der Waals surface area contributed by atoms with Gasteiger partial charge < -0.3 is 10.4 Å². The van der Waals surface area contributed by atoms with E-state index in [0.717, 1.165) is 0 Å². The van der Waals surface area contributed by atoms with Gasteiger partial charge in [0.25, 0.3) is 5.91 Å². The highest BCUT2D eigenvalue weighted by Crippen LogP contribution is 2.07. The molecule has 0 bridgehead atoms. The smallest absolute Gasteiger partial charge is 0.308 e. The summed E-state index contributed by atoms with van der Waals surface area (Å²) in [6.45, 7) is 1.72. The summed E-state index contributed by atoms with van der Waals surface area (Å²) in [5.74, 6) is -2.83. The van der Waals surface area contributed by atoms with Crippen LogP contribution in [0.5, 0.6) is 0 Å². The fourth-order valence-corrected chi connectivity index (χ4v) is 1.36. The minimum Gasteiger partial charge on any atom is -0.481 e. The molecule has 2 N–H and O–H groups in total. The number of carbonyl (C=O) groups excluding carboxylic acids is 1. The number of aliphatic carboxylic acids is 1. The van der Waals surface area contributed by atoms with E-state index in [1.165, 1.54) is 18.2 Å². The fraction of sp³-hybridized carbons (Fsp3) is 0.333. The van der Waals surface area contributed by atoms with E-state index in [2.05, 4.69) is 5.32 Å². The van der Waals surface area contributed by atoms with Crippen LogP contribution in [-0.2, 0) is 4.79 Å². The molecule has 0 aliphatic heterocycles. The van der Waals surface area contributed by atoms with Crippen LogP contribution in [0.25, 0.3) is 0 Å². The standard InChI is InChI=1S/C12H14FNO3/c1-2-8(12(16)17)7-14-11(15)9-5-3-4-6-10(9)13/h3-6,8H,2,7H2,1H3,(H,14,15)(H,16,17). The number of benzene rings is 1. The van der Waals surface area contributed by atoms with E-state index in [1.807, 2.05) is 0 Å². The number of nitrogens with one attached hydrogen (secondary N) is 1. The summed E-state index contributed by atoms with van der Waals surface area (Å²) in [4.78, 5) is 22.3. The van der Waals surface area contributed by atoms with Crippen LogP contribution in [0.2, 0.25) is 0 Å². The number of amides is 1. The van der Waals surface area contributed by atoms with Crippen molar-refractivity contribution in [3.05, 3.63) is 35.6 Å². The average molecular weight is 239 g/mol. The van der Waals surface area contributed by atoms with Gasteiger partial charge in [-0.05, 0) is 18.6 Å². The Kier molecular flexibility index (Phi) is 4.63. The van der Waals surface area contributed by atoms with Crippen LogP contribution in [0.3, 0.4) is 0 Å². The van der Waals surface area contributed by atoms with Crippen LogP contribution in [0.15, 0.2) is 24.3 Å². The SMILES string of the molecule is CCC(CNC(=O)c1ccccc1F)C(=O)O. The van der Waals surface area contributed by atoms with E-state index in [-0.39, 0.29) is 12.1 Å². The molecule has 1 amide bonds. The Bertz CT molecular complexity index is 420. The fourth-order valence-electron chi connectivity index (χ4n) is 1.36. The van der Waals surface area contributed by atoms with Crippen molar-refractivity contribution in [3.63, 3.8) is 0 Å². The van der Waals surface area contributed by atoms with Gasteiger partial charge in [0.15, 0.2) is 0 Å². The van der Waals surface area contributed by atoms with E-state index < -0.39 is 23.6 Å². The van der Waals surface area contributed by atoms with Crippen LogP contribution in [0.1, 0.15) is 23.7 Å². The van der Waals surface area contributed by atoms with Crippen molar-refractivity contribution >= 4 is 11.9 Å². The van der Waals surface area contributed by atoms with Gasteiger partial charge in [-0.25, -0.2) is 4.39 Å². The molecule has 1 unspecified atom stereocenters. The van der Waals surface area contributed by atoms with Gasteiger partial charge >= 0.3 is 5.97 Å². The lowest BCUT2D eigenvalue weighted by molar-refractivity contribution is -0.141. The van der Waals surface area contributed by atoms with Crippen LogP contribution in [0, 0.1) is 11.7 Å². The largest absolute Gasteiger partial charge is 0.481 e. The quantitative estimate of drug-likeness (QED) is 0.821. The molecule has 1 aromatic rings. The predicted molar refractivity (Wildman–Crippen MR) is 60.2 cm³/mol. The molecule has 0 spiro atoms. The lowest BCUT2D eigenvalue weighted by Crippen LogP contribution is -2.33. The van der Waals surface area contributed by atoms with E-state index >= 15 is 0 Å². The third-order valence-electron chi connectivity index (χ3n) is 2.47. The number of carboxylic acids is 1. The summed E-state index contributed by atoms with van der Waals surface area (Å²) in [6.07, 6.45) is 0.410. The molecular weight excluding hydrogens is 225 g/mol. The number of rotatable bonds is 5. The molecule has 0 saturated heterocycles. The first kappa shape index (κ1) is 13.2. The van der Waals surface area contributed by atoms with E-state index in [0.29, 0.717) is 6.42 Å². The molecular formula is C12H14FNO3. The predicted octanol–water partition coefficient (Wildman–Crippen LogP) is 1.67. The summed E-state index contributed by atoms with van der Waals surface area (Å²) < 4.78 is 13.2. The third kappa shape index (κ3) is 3.55. The van der Waals surface area contributed by atoms with E-state index in [4.69, 9.17) is 5.11 Å². The molecule has 0 saturated carbocycles. The number of carbonyl (C=O) groups is 2. The number of halogens is 1. The highest BCUT2D eigenvalue weighted by molar-refractivity contribution is 5.94. The third-order valence-corrected chi connectivity index (χ3v) is 2.47. The lowest BCUT2D eigenvalue weighted by Gasteiger charge is -2.11. The molecule has 17 heavy (non-hydrogen) atoms. The first-order chi connectivity index (χ1) is 8.06. The van der Waals surface area contributed by atoms with Crippen LogP contribution >= 0.6 is 0 Å². The normalized spacial score (nSPS) is 11.9. The number of carboxylic acid groups (broad SMARTS) is 1. The highest BCUT2D eigenvalue weighted by Gasteiger charge is 2.17. The van der Waals surface area contributed by atoms with Gasteiger partial charge in [-0.1, -0.05) is 19.1 Å². The lowest BCUT2D eigenvalue weighted by atomic mass is 10.1. The number of hydrogen-bond acceptors (Lipinski definition) is 2. The van der Waals surface area contributed by atoms with E-state index in [1.54, 1.807) is 13.0 Å². The second-order valence-corrected chi connectivity index (χ2v) is 3.63. The monoisotopic (exact) mass is 239 g/mol. The zero-order chi connectivity index (χ0) is 12.8. The van der Waals surface area contributed by atoms with Gasteiger partial charge in [0, 0.05) is 6.54 Å². The van der Waals surface area contributed by atoms with Crippen molar-refractivity contribution in [3.8, 4) is 0 Å². The van der Waals surface area contributed by atoms with Gasteiger partial charge in [0.1, 0.15) is 5.82 Å². The molecule has 4 nitrogen and oxygen atoms in total. The molecule has 1 aromatic carbocycles. The van der Waals surface area contributed by atoms with Crippen molar-refractivity contribution in [2.75, 3.05) is 6.54 Å². The molecule has 1 rings (SSSR count). The van der Waals surface area contributed by atoms with Crippen molar-refractivity contribution in [1.82, 2.24) is 5.32 Å². The average Bonchev–Trinajstić information content (AvgIpc) is 2.29. The molecule has 0 fully saturated rings. The topological polar surface area (TPSA) is 66.4 Å². The Morgan fingerprint density at radius 1 is 1.41 bits per heavy atom. The van der Waals surface area contributed by atoms with Crippen molar-refractivity contribution in [1.29, 1.82) is 0 Å². The van der Waals surface area contributed by atoms with E-state index in [9.17, 15) is 14.0 Å². The van der Waals surface area contributed by atoms with Crippen molar-refractivity contribution in [2.45, 2.75) is 13.3 Å². The summed E-state index contributed by atoms with van der Waals surface area (Å²) in [5.41, 5.74) is -0.0762. The zero-order valence-electron chi connectivity index (χ0n) is 9.44. The van der Waals surface area contributed by atoms with Crippen LogP contribution in [-0.4, -0.2) is 23.5 Å². The van der Waals surface area contributed by atoms with Gasteiger partial charge in [0.05, 0.1) is 11.5 Å². The molecule has 0 aromatic heterocycles. The van der Waals surface area contributed by atoms with Gasteiger partial charge in [-0.2, -0.15) is 0 Å². The molecule has 1 atom stereocenters. The van der Waals surface area contributed by atoms with Crippen molar-refractivity contribution < 1.29 is 19.1 Å². The van der Waals surface area contributed by atoms with Gasteiger partial charge in [0.2, 0.25) is 0 Å². The Morgan fingerprint density at radius 2 is 2.06 bits per heavy atom. The second kappa shape index (κ2) is 5.98. The summed E-state index contributed by atoms with van der Waals surface area (Å²) in [5, 5.41) is 11.2. The maximum absolute atomic E-state index is 13.2. The van der Waals surface area contributed by atoms with Crippen LogP contribution < -0.4 is 5.32 Å². The molecule has 0 radical (unpaired) electrons. The first-order valence-corrected chi connectivity index (χ1v) is 5.31. The Morgan fingerprint density at radius 3 is 2.59 bits per heavy atom. The van der Waals surface area contributed by atoms with Crippen LogP contribution in [0.4, 0.5) is 4.39 Å². The maximum atomic E-state index is 13.2. The molecule has 92 valence electrons. The zero-order valence-corrected chi connectivity index (χ0v) is 9.44. The Labute approximate surface area is 98.5 Å². The summed E-state index contributed by atoms with van der Waals surface area (Å²) in [6, 6.07) is 5.57. The molecule has 5 heteroatoms.